The number of carbonyl (C=O) groups excluding carboxylic acids is 1. The van der Waals surface area contributed by atoms with E-state index in [1.54, 1.807) is 0 Å². The normalized spacial score (nSPS) is 11.9. The fourth-order valence-corrected chi connectivity index (χ4v) is 2.48. The van der Waals surface area contributed by atoms with Gasteiger partial charge in [0.05, 0.1) is 11.1 Å². The third-order valence-corrected chi connectivity index (χ3v) is 3.79. The van der Waals surface area contributed by atoms with Crippen molar-refractivity contribution in [3.05, 3.63) is 71.4 Å². The number of carbonyl (C=O) groups is 1. The number of alkyl halides is 6. The zero-order valence-electron chi connectivity index (χ0n) is 14.8. The first-order valence-electron chi connectivity index (χ1n) is 8.20. The van der Waals surface area contributed by atoms with Crippen molar-refractivity contribution in [2.24, 2.45) is 0 Å². The van der Waals surface area contributed by atoms with Crippen molar-refractivity contribution in [1.82, 2.24) is 25.3 Å². The van der Waals surface area contributed by atoms with Crippen LogP contribution in [0, 0.1) is 0 Å². The molecule has 1 amide bonds. The van der Waals surface area contributed by atoms with Gasteiger partial charge in [-0.3, -0.25) is 4.79 Å². The predicted octanol–water partition coefficient (Wildman–Crippen LogP) is 3.90. The number of hydrogen-bond donors (Lipinski definition) is 1. The van der Waals surface area contributed by atoms with Gasteiger partial charge < -0.3 is 5.32 Å². The Morgan fingerprint density at radius 2 is 1.37 bits per heavy atom. The Morgan fingerprint density at radius 1 is 0.800 bits per heavy atom. The van der Waals surface area contributed by atoms with E-state index in [0.29, 0.717) is 12.1 Å². The molecular formula is C18H11F6N5O. The minimum Gasteiger partial charge on any atom is -0.347 e. The number of nitrogens with zero attached hydrogens (tertiary/aromatic N) is 4. The van der Waals surface area contributed by atoms with Crippen LogP contribution < -0.4 is 5.32 Å². The van der Waals surface area contributed by atoms with Crippen molar-refractivity contribution in [3.63, 3.8) is 0 Å². The summed E-state index contributed by atoms with van der Waals surface area (Å²) in [4.78, 5) is 28.2. The van der Waals surface area contributed by atoms with Gasteiger partial charge >= 0.3 is 12.4 Å². The molecule has 0 atom stereocenters. The van der Waals surface area contributed by atoms with Crippen LogP contribution in [0.25, 0.3) is 11.5 Å². The first-order chi connectivity index (χ1) is 14.1. The summed E-state index contributed by atoms with van der Waals surface area (Å²) >= 11 is 0. The highest BCUT2D eigenvalue weighted by Crippen LogP contribution is 2.36. The summed E-state index contributed by atoms with van der Waals surface area (Å²) in [6.45, 7) is -0.600. The average molecular weight is 427 g/mol. The lowest BCUT2D eigenvalue weighted by atomic mass is 10.0. The summed E-state index contributed by atoms with van der Waals surface area (Å²) in [5, 5.41) is 2.25. The molecule has 156 valence electrons. The van der Waals surface area contributed by atoms with Crippen molar-refractivity contribution in [2.75, 3.05) is 0 Å². The minimum atomic E-state index is -4.98. The summed E-state index contributed by atoms with van der Waals surface area (Å²) in [6, 6.07) is 2.62. The Hall–Kier alpha value is -3.57. The van der Waals surface area contributed by atoms with E-state index in [1.165, 1.54) is 30.9 Å². The second-order valence-corrected chi connectivity index (χ2v) is 5.92. The van der Waals surface area contributed by atoms with E-state index in [1.807, 2.05) is 0 Å². The zero-order chi connectivity index (χ0) is 21.9. The number of amides is 1. The first kappa shape index (κ1) is 21.1. The molecule has 0 spiro atoms. The molecule has 6 nitrogen and oxygen atoms in total. The molecule has 0 aliphatic heterocycles. The number of aromatic nitrogens is 4. The maximum atomic E-state index is 13.0. The largest absolute Gasteiger partial charge is 0.416 e. The highest BCUT2D eigenvalue weighted by atomic mass is 19.4. The maximum absolute atomic E-state index is 13.0. The average Bonchev–Trinajstić information content (AvgIpc) is 2.71. The quantitative estimate of drug-likeness (QED) is 0.639. The van der Waals surface area contributed by atoms with Crippen LogP contribution in [-0.4, -0.2) is 25.8 Å². The van der Waals surface area contributed by atoms with Crippen molar-refractivity contribution in [2.45, 2.75) is 18.9 Å². The van der Waals surface area contributed by atoms with Gasteiger partial charge in [-0.1, -0.05) is 0 Å². The first-order valence-corrected chi connectivity index (χ1v) is 8.20. The fourth-order valence-electron chi connectivity index (χ4n) is 2.48. The lowest BCUT2D eigenvalue weighted by Crippen LogP contribution is -2.25. The van der Waals surface area contributed by atoms with Crippen LogP contribution in [0.1, 0.15) is 27.2 Å². The van der Waals surface area contributed by atoms with Crippen LogP contribution >= 0.6 is 0 Å². The zero-order valence-corrected chi connectivity index (χ0v) is 14.8. The number of benzene rings is 1. The number of nitrogens with one attached hydrogen (secondary N) is 1. The van der Waals surface area contributed by atoms with Gasteiger partial charge in [0.15, 0.2) is 11.5 Å². The van der Waals surface area contributed by atoms with E-state index in [9.17, 15) is 31.1 Å². The van der Waals surface area contributed by atoms with Gasteiger partial charge in [0.1, 0.15) is 5.69 Å². The van der Waals surface area contributed by atoms with Crippen LogP contribution in [0.15, 0.2) is 49.1 Å². The van der Waals surface area contributed by atoms with Gasteiger partial charge in [0.25, 0.3) is 5.91 Å². The number of rotatable bonds is 4. The molecular weight excluding hydrogens is 416 g/mol. The van der Waals surface area contributed by atoms with Crippen molar-refractivity contribution in [1.29, 1.82) is 0 Å². The van der Waals surface area contributed by atoms with Crippen molar-refractivity contribution in [3.8, 4) is 11.5 Å². The molecule has 3 rings (SSSR count). The lowest BCUT2D eigenvalue weighted by molar-refractivity contribution is -0.143. The summed E-state index contributed by atoms with van der Waals surface area (Å²) < 4.78 is 77.7. The Morgan fingerprint density at radius 3 is 1.93 bits per heavy atom. The van der Waals surface area contributed by atoms with E-state index < -0.39 is 35.9 Å². The van der Waals surface area contributed by atoms with Crippen LogP contribution in [0.2, 0.25) is 0 Å². The van der Waals surface area contributed by atoms with Gasteiger partial charge in [-0.2, -0.15) is 26.3 Å². The van der Waals surface area contributed by atoms with Crippen LogP contribution in [-0.2, 0) is 18.9 Å². The SMILES string of the molecule is O=C(NCc1cc(C(F)(F)F)cc(C(F)(F)F)c1)c1nccnc1-c1ncccn1. The molecule has 0 saturated carbocycles. The second-order valence-electron chi connectivity index (χ2n) is 5.92. The van der Waals surface area contributed by atoms with E-state index >= 15 is 0 Å². The molecule has 0 aliphatic rings. The van der Waals surface area contributed by atoms with Crippen molar-refractivity contribution >= 4 is 5.91 Å². The second kappa shape index (κ2) is 8.05. The molecule has 0 bridgehead atoms. The standard InChI is InChI=1S/C18H11F6N5O/c19-17(20,21)11-6-10(7-12(8-11)18(22,23)24)9-29-16(30)14-13(25-4-5-26-14)15-27-2-1-3-28-15/h1-8H,9H2,(H,29,30). The van der Waals surface area contributed by atoms with Crippen LogP contribution in [0.4, 0.5) is 26.3 Å². The molecule has 3 aromatic rings. The Kier molecular flexibility index (Phi) is 5.67. The molecule has 2 aromatic heterocycles. The van der Waals surface area contributed by atoms with Crippen LogP contribution in [0.3, 0.4) is 0 Å². The monoisotopic (exact) mass is 427 g/mol. The number of hydrogen-bond acceptors (Lipinski definition) is 5. The summed E-state index contributed by atoms with van der Waals surface area (Å²) in [6.07, 6.45) is -4.68. The highest BCUT2D eigenvalue weighted by Gasteiger charge is 2.36. The fraction of sp³-hybridized carbons (Fsp3) is 0.167. The third kappa shape index (κ3) is 4.88. The lowest BCUT2D eigenvalue weighted by Gasteiger charge is -2.14. The van der Waals surface area contributed by atoms with E-state index in [-0.39, 0.29) is 28.8 Å². The molecule has 1 aromatic carbocycles. The molecule has 1 N–H and O–H groups in total. The van der Waals surface area contributed by atoms with E-state index in [2.05, 4.69) is 25.3 Å². The molecule has 12 heteroatoms. The molecule has 2 heterocycles. The Labute approximate surface area is 165 Å². The molecule has 0 saturated heterocycles. The van der Waals surface area contributed by atoms with E-state index in [4.69, 9.17) is 0 Å². The Balaban J connectivity index is 1.87. The summed E-state index contributed by atoms with van der Waals surface area (Å²) in [5.41, 5.74) is -3.55. The van der Waals surface area contributed by atoms with E-state index in [0.717, 1.165) is 0 Å². The van der Waals surface area contributed by atoms with Crippen molar-refractivity contribution < 1.29 is 31.1 Å². The Bertz CT molecular complexity index is 1020. The molecule has 0 radical (unpaired) electrons. The van der Waals surface area contributed by atoms with Gasteiger partial charge in [-0.25, -0.2) is 19.9 Å². The maximum Gasteiger partial charge on any atom is 0.416 e. The summed E-state index contributed by atoms with van der Waals surface area (Å²) in [5.74, 6) is -0.786. The van der Waals surface area contributed by atoms with Gasteiger partial charge in [0.2, 0.25) is 0 Å². The number of halogens is 6. The molecule has 30 heavy (non-hydrogen) atoms. The smallest absolute Gasteiger partial charge is 0.347 e. The van der Waals surface area contributed by atoms with Crippen LogP contribution in [0.5, 0.6) is 0 Å². The highest BCUT2D eigenvalue weighted by molar-refractivity contribution is 5.97. The minimum absolute atomic E-state index is 0.00984. The topological polar surface area (TPSA) is 80.7 Å². The van der Waals surface area contributed by atoms with Gasteiger partial charge in [-0.05, 0) is 29.8 Å². The van der Waals surface area contributed by atoms with Gasteiger partial charge in [0, 0.05) is 31.3 Å². The third-order valence-electron chi connectivity index (χ3n) is 3.79. The summed E-state index contributed by atoms with van der Waals surface area (Å²) in [7, 11) is 0. The molecule has 0 unspecified atom stereocenters. The molecule has 0 aliphatic carbocycles. The predicted molar refractivity (Wildman–Crippen MR) is 90.7 cm³/mol. The van der Waals surface area contributed by atoms with Gasteiger partial charge in [-0.15, -0.1) is 0 Å². The molecule has 0 fully saturated rings.